The highest BCUT2D eigenvalue weighted by Gasteiger charge is 2.11. The summed E-state index contributed by atoms with van der Waals surface area (Å²) in [7, 11) is 1.97. The van der Waals surface area contributed by atoms with Gasteiger partial charge in [0.25, 0.3) is 0 Å². The average Bonchev–Trinajstić information content (AvgIpc) is 2.73. The zero-order valence-electron chi connectivity index (χ0n) is 15.6. The van der Waals surface area contributed by atoms with Crippen molar-refractivity contribution in [3.8, 4) is 0 Å². The lowest BCUT2D eigenvalue weighted by Crippen LogP contribution is -2.16. The third-order valence-corrected chi connectivity index (χ3v) is 4.34. The van der Waals surface area contributed by atoms with Gasteiger partial charge in [0.15, 0.2) is 5.78 Å². The molecule has 27 heavy (non-hydrogen) atoms. The number of hydrogen-bond acceptors (Lipinski definition) is 3. The van der Waals surface area contributed by atoms with Crippen LogP contribution in [-0.4, -0.2) is 23.6 Å². The predicted molar refractivity (Wildman–Crippen MR) is 111 cm³/mol. The number of hydrogen-bond donors (Lipinski definition) is 0. The van der Waals surface area contributed by atoms with Gasteiger partial charge in [-0.3, -0.25) is 9.80 Å². The highest BCUT2D eigenvalue weighted by Crippen LogP contribution is 2.12. The fourth-order valence-corrected chi connectivity index (χ4v) is 2.97. The Morgan fingerprint density at radius 1 is 0.741 bits per heavy atom. The third kappa shape index (κ3) is 5.65. The standard InChI is InChI=1S/C24H24N2O/c1-26(19-20-11-5-2-6-12-20)25-23(21-13-7-3-8-14-21)17-18-24(27)22-15-9-4-10-16-22/h2-16H,17-19H2,1H3. The second kappa shape index (κ2) is 9.48. The molecular weight excluding hydrogens is 332 g/mol. The summed E-state index contributed by atoms with van der Waals surface area (Å²) in [4.78, 5) is 12.5. The van der Waals surface area contributed by atoms with Crippen LogP contribution >= 0.6 is 0 Å². The maximum atomic E-state index is 12.5. The lowest BCUT2D eigenvalue weighted by Gasteiger charge is -2.16. The molecule has 0 saturated heterocycles. The maximum Gasteiger partial charge on any atom is 0.163 e. The van der Waals surface area contributed by atoms with Crippen molar-refractivity contribution in [3.05, 3.63) is 108 Å². The normalized spacial score (nSPS) is 11.2. The Morgan fingerprint density at radius 3 is 1.85 bits per heavy atom. The molecule has 136 valence electrons. The number of ketones is 1. The number of rotatable bonds is 8. The third-order valence-electron chi connectivity index (χ3n) is 4.34. The zero-order valence-corrected chi connectivity index (χ0v) is 15.6. The highest BCUT2D eigenvalue weighted by atomic mass is 16.1. The van der Waals surface area contributed by atoms with E-state index in [2.05, 4.69) is 12.1 Å². The summed E-state index contributed by atoms with van der Waals surface area (Å²) < 4.78 is 0. The van der Waals surface area contributed by atoms with Gasteiger partial charge in [0.05, 0.1) is 12.3 Å². The summed E-state index contributed by atoms with van der Waals surface area (Å²) in [6, 6.07) is 29.8. The molecule has 0 heterocycles. The number of hydrazone groups is 1. The topological polar surface area (TPSA) is 32.7 Å². The molecule has 0 aliphatic rings. The first-order valence-corrected chi connectivity index (χ1v) is 9.18. The first-order valence-electron chi connectivity index (χ1n) is 9.18. The van der Waals surface area contributed by atoms with Gasteiger partial charge in [0.1, 0.15) is 0 Å². The van der Waals surface area contributed by atoms with E-state index in [-0.39, 0.29) is 5.78 Å². The minimum absolute atomic E-state index is 0.143. The molecular formula is C24H24N2O. The second-order valence-corrected chi connectivity index (χ2v) is 6.50. The Balaban J connectivity index is 1.74. The molecule has 3 aromatic rings. The fraction of sp³-hybridized carbons (Fsp3) is 0.167. The second-order valence-electron chi connectivity index (χ2n) is 6.50. The van der Waals surface area contributed by atoms with Crippen LogP contribution < -0.4 is 0 Å². The molecule has 3 aromatic carbocycles. The molecule has 0 atom stereocenters. The van der Waals surface area contributed by atoms with Crippen LogP contribution in [0.15, 0.2) is 96.1 Å². The van der Waals surface area contributed by atoms with E-state index in [1.165, 1.54) is 5.56 Å². The molecule has 3 heteroatoms. The van der Waals surface area contributed by atoms with Crippen LogP contribution in [0.4, 0.5) is 0 Å². The van der Waals surface area contributed by atoms with Crippen molar-refractivity contribution in [3.63, 3.8) is 0 Å². The molecule has 0 N–H and O–H groups in total. The summed E-state index contributed by atoms with van der Waals surface area (Å²) in [5.41, 5.74) is 3.94. The van der Waals surface area contributed by atoms with E-state index in [1.807, 2.05) is 90.9 Å². The number of carbonyl (C=O) groups excluding carboxylic acids is 1. The molecule has 0 spiro atoms. The number of Topliss-reactive ketones (excluding diaryl/α,β-unsaturated/α-hetero) is 1. The zero-order chi connectivity index (χ0) is 18.9. The minimum Gasteiger partial charge on any atom is -0.295 e. The van der Waals surface area contributed by atoms with Crippen molar-refractivity contribution in [1.82, 2.24) is 5.01 Å². The van der Waals surface area contributed by atoms with Gasteiger partial charge in [0, 0.05) is 19.0 Å². The summed E-state index contributed by atoms with van der Waals surface area (Å²) >= 11 is 0. The molecule has 0 aliphatic carbocycles. The summed E-state index contributed by atoms with van der Waals surface area (Å²) in [6.45, 7) is 0.726. The van der Waals surface area contributed by atoms with Crippen molar-refractivity contribution in [1.29, 1.82) is 0 Å². The predicted octanol–water partition coefficient (Wildman–Crippen LogP) is 5.19. The van der Waals surface area contributed by atoms with E-state index < -0.39 is 0 Å². The van der Waals surface area contributed by atoms with Gasteiger partial charge in [-0.05, 0) is 17.5 Å². The Labute approximate surface area is 161 Å². The summed E-state index contributed by atoms with van der Waals surface area (Å²) in [5.74, 6) is 0.143. The van der Waals surface area contributed by atoms with E-state index in [1.54, 1.807) is 0 Å². The summed E-state index contributed by atoms with van der Waals surface area (Å²) in [6.07, 6.45) is 1.05. The first kappa shape index (κ1) is 18.6. The molecule has 0 bridgehead atoms. The lowest BCUT2D eigenvalue weighted by atomic mass is 10.0. The van der Waals surface area contributed by atoms with Crippen LogP contribution in [0, 0.1) is 0 Å². The van der Waals surface area contributed by atoms with E-state index in [4.69, 9.17) is 5.10 Å². The van der Waals surface area contributed by atoms with E-state index >= 15 is 0 Å². The van der Waals surface area contributed by atoms with E-state index in [9.17, 15) is 4.79 Å². The monoisotopic (exact) mass is 356 g/mol. The van der Waals surface area contributed by atoms with Gasteiger partial charge >= 0.3 is 0 Å². The van der Waals surface area contributed by atoms with Crippen LogP contribution in [-0.2, 0) is 6.54 Å². The van der Waals surface area contributed by atoms with Gasteiger partial charge in [-0.1, -0.05) is 91.0 Å². The molecule has 0 saturated carbocycles. The van der Waals surface area contributed by atoms with Crippen molar-refractivity contribution < 1.29 is 4.79 Å². The molecule has 0 unspecified atom stereocenters. The van der Waals surface area contributed by atoms with Gasteiger partial charge in [-0.15, -0.1) is 0 Å². The smallest absolute Gasteiger partial charge is 0.163 e. The number of carbonyl (C=O) groups is 1. The highest BCUT2D eigenvalue weighted by molar-refractivity contribution is 6.04. The minimum atomic E-state index is 0.143. The quantitative estimate of drug-likeness (QED) is 0.316. The van der Waals surface area contributed by atoms with Crippen LogP contribution in [0.2, 0.25) is 0 Å². The SMILES string of the molecule is CN(Cc1ccccc1)N=C(CCC(=O)c1ccccc1)c1ccccc1. The van der Waals surface area contributed by atoms with Crippen LogP contribution in [0.3, 0.4) is 0 Å². The van der Waals surface area contributed by atoms with Crippen molar-refractivity contribution in [2.45, 2.75) is 19.4 Å². The Hall–Kier alpha value is -3.20. The first-order chi connectivity index (χ1) is 13.2. The Bertz CT molecular complexity index is 874. The maximum absolute atomic E-state index is 12.5. The van der Waals surface area contributed by atoms with Crippen LogP contribution in [0.5, 0.6) is 0 Å². The molecule has 0 fully saturated rings. The fourth-order valence-electron chi connectivity index (χ4n) is 2.97. The van der Waals surface area contributed by atoms with Gasteiger partial charge in [-0.2, -0.15) is 5.10 Å². The Morgan fingerprint density at radius 2 is 1.26 bits per heavy atom. The lowest BCUT2D eigenvalue weighted by molar-refractivity contribution is 0.0984. The molecule has 0 radical (unpaired) electrons. The Kier molecular flexibility index (Phi) is 6.53. The van der Waals surface area contributed by atoms with Gasteiger partial charge in [-0.25, -0.2) is 0 Å². The summed E-state index contributed by atoms with van der Waals surface area (Å²) in [5, 5.41) is 6.74. The largest absolute Gasteiger partial charge is 0.295 e. The van der Waals surface area contributed by atoms with Gasteiger partial charge in [0.2, 0.25) is 0 Å². The number of nitrogens with zero attached hydrogens (tertiary/aromatic N) is 2. The van der Waals surface area contributed by atoms with E-state index in [0.717, 1.165) is 23.4 Å². The average molecular weight is 356 g/mol. The van der Waals surface area contributed by atoms with Crippen molar-refractivity contribution >= 4 is 11.5 Å². The molecule has 0 aliphatic heterocycles. The van der Waals surface area contributed by atoms with Crippen LogP contribution in [0.25, 0.3) is 0 Å². The van der Waals surface area contributed by atoms with Crippen molar-refractivity contribution in [2.75, 3.05) is 7.05 Å². The molecule has 3 nitrogen and oxygen atoms in total. The molecule has 0 aromatic heterocycles. The van der Waals surface area contributed by atoms with Crippen molar-refractivity contribution in [2.24, 2.45) is 5.10 Å². The molecule has 0 amide bonds. The molecule has 3 rings (SSSR count). The van der Waals surface area contributed by atoms with E-state index in [0.29, 0.717) is 12.8 Å². The van der Waals surface area contributed by atoms with Crippen LogP contribution in [0.1, 0.15) is 34.3 Å². The number of benzene rings is 3. The van der Waals surface area contributed by atoms with Gasteiger partial charge < -0.3 is 0 Å².